The van der Waals surface area contributed by atoms with Gasteiger partial charge in [-0.2, -0.15) is 0 Å². The van der Waals surface area contributed by atoms with Gasteiger partial charge in [0.05, 0.1) is 5.69 Å². The zero-order valence-corrected chi connectivity index (χ0v) is 55.9. The van der Waals surface area contributed by atoms with Crippen molar-refractivity contribution in [1.29, 1.82) is 0 Å². The standard InChI is InChI=1S/C81H94BN3O/c1-49-42-58-60(80(18,19)40-38-78(58,14)15)47-65(49)85-67-48-61-59(79(16,17)39-41-81(61,20)21)46-63(67)82-62-36-34-55(83(53-30-26-50(27-31-53)74(2,3)4)54-32-28-51(29-33-54)75(5,6)7)45-66(62)84(68-43-52(76(8,9)10)44-69(85)72(68)82)64-37-35-57(77(11,12)13)71-56-24-22-23-25-70(56)86-73(64)71/h22-37,42-48H,38-41H2,1-21H3. The summed E-state index contributed by atoms with van der Waals surface area (Å²) in [6.45, 7) is 50.3. The van der Waals surface area contributed by atoms with E-state index in [0.29, 0.717) is 0 Å². The van der Waals surface area contributed by atoms with Crippen molar-refractivity contribution in [2.24, 2.45) is 0 Å². The van der Waals surface area contributed by atoms with E-state index < -0.39 is 0 Å². The summed E-state index contributed by atoms with van der Waals surface area (Å²) in [5.74, 6) is 0. The van der Waals surface area contributed by atoms with Crippen LogP contribution in [0.2, 0.25) is 0 Å². The number of hydrogen-bond acceptors (Lipinski definition) is 4. The molecule has 2 aliphatic heterocycles. The second-order valence-electron chi connectivity index (χ2n) is 33.3. The van der Waals surface area contributed by atoms with Crippen LogP contribution in [0.25, 0.3) is 21.9 Å². The minimum absolute atomic E-state index is 0.00582. The molecule has 0 unspecified atom stereocenters. The number of fused-ring (bicyclic) bond motifs is 9. The van der Waals surface area contributed by atoms with Crippen molar-refractivity contribution in [2.75, 3.05) is 14.7 Å². The maximum atomic E-state index is 7.38. The predicted octanol–water partition coefficient (Wildman–Crippen LogP) is 21.3. The zero-order valence-electron chi connectivity index (χ0n) is 55.9. The monoisotopic (exact) mass is 1140 g/mol. The summed E-state index contributed by atoms with van der Waals surface area (Å²) in [5, 5.41) is 2.33. The van der Waals surface area contributed by atoms with E-state index in [4.69, 9.17) is 4.42 Å². The number of benzene rings is 8. The van der Waals surface area contributed by atoms with Crippen LogP contribution in [0, 0.1) is 6.92 Å². The molecule has 1 aromatic heterocycles. The molecule has 4 nitrogen and oxygen atoms in total. The highest BCUT2D eigenvalue weighted by atomic mass is 16.3. The van der Waals surface area contributed by atoms with Crippen LogP contribution in [0.3, 0.4) is 0 Å². The molecule has 4 aliphatic rings. The third-order valence-corrected chi connectivity index (χ3v) is 21.1. The lowest BCUT2D eigenvalue weighted by Gasteiger charge is -2.48. The van der Waals surface area contributed by atoms with Crippen molar-refractivity contribution >= 4 is 96.2 Å². The summed E-state index contributed by atoms with van der Waals surface area (Å²) in [6.07, 6.45) is 4.61. The molecule has 0 radical (unpaired) electrons. The lowest BCUT2D eigenvalue weighted by molar-refractivity contribution is 0.331. The molecule has 3 heterocycles. The Hall–Kier alpha value is -6.98. The first-order chi connectivity index (χ1) is 40.0. The van der Waals surface area contributed by atoms with E-state index in [1.165, 1.54) is 101 Å². The molecule has 86 heavy (non-hydrogen) atoms. The van der Waals surface area contributed by atoms with E-state index >= 15 is 0 Å². The molecule has 9 aromatic rings. The van der Waals surface area contributed by atoms with Gasteiger partial charge in [-0.05, 0) is 215 Å². The van der Waals surface area contributed by atoms with Crippen LogP contribution >= 0.6 is 0 Å². The molecule has 0 saturated heterocycles. The van der Waals surface area contributed by atoms with Gasteiger partial charge in [0.25, 0.3) is 6.71 Å². The fraction of sp³-hybridized carbons (Fsp3) is 0.407. The van der Waals surface area contributed by atoms with Crippen molar-refractivity contribution in [1.82, 2.24) is 0 Å². The number of furan rings is 1. The molecule has 13 rings (SSSR count). The number of para-hydroxylation sites is 1. The Morgan fingerprint density at radius 3 is 1.37 bits per heavy atom. The molecule has 0 amide bonds. The van der Waals surface area contributed by atoms with Gasteiger partial charge >= 0.3 is 0 Å². The number of rotatable bonds is 5. The Kier molecular flexibility index (Phi) is 12.8. The lowest BCUT2D eigenvalue weighted by Crippen LogP contribution is -2.62. The van der Waals surface area contributed by atoms with Crippen LogP contribution in [0.1, 0.15) is 214 Å². The summed E-state index contributed by atoms with van der Waals surface area (Å²) < 4.78 is 7.38. The third-order valence-electron chi connectivity index (χ3n) is 21.1. The molecule has 0 atom stereocenters. The predicted molar refractivity (Wildman–Crippen MR) is 373 cm³/mol. The summed E-state index contributed by atoms with van der Waals surface area (Å²) in [7, 11) is 0. The van der Waals surface area contributed by atoms with Gasteiger partial charge in [0.2, 0.25) is 0 Å². The van der Waals surface area contributed by atoms with E-state index in [-0.39, 0.29) is 50.0 Å². The maximum absolute atomic E-state index is 7.38. The Balaban J connectivity index is 1.18. The fourth-order valence-electron chi connectivity index (χ4n) is 15.4. The molecular weight excluding hydrogens is 1040 g/mol. The van der Waals surface area contributed by atoms with Gasteiger partial charge in [-0.3, -0.25) is 0 Å². The van der Waals surface area contributed by atoms with Gasteiger partial charge < -0.3 is 19.1 Å². The van der Waals surface area contributed by atoms with Crippen LogP contribution in [0.4, 0.5) is 51.2 Å². The van der Waals surface area contributed by atoms with Crippen molar-refractivity contribution in [3.05, 3.63) is 190 Å². The van der Waals surface area contributed by atoms with Crippen molar-refractivity contribution in [3.63, 3.8) is 0 Å². The largest absolute Gasteiger partial charge is 0.454 e. The molecule has 0 bridgehead atoms. The summed E-state index contributed by atoms with van der Waals surface area (Å²) >= 11 is 0. The quantitative estimate of drug-likeness (QED) is 0.160. The SMILES string of the molecule is Cc1cc2c(cc1N1c3cc4c(cc3B3c5ccc(N(c6ccc(C(C)(C)C)cc6)c6ccc(C(C)(C)C)cc6)cc5N(c5ccc(C(C)(C)C)c6c5oc5ccccc56)c5cc(C(C)(C)C)cc1c53)C(C)(C)CCC4(C)C)C(C)(C)CCC2(C)C. The molecule has 0 saturated carbocycles. The first-order valence-corrected chi connectivity index (χ1v) is 32.3. The molecule has 8 aromatic carbocycles. The number of anilines is 9. The topological polar surface area (TPSA) is 22.9 Å². The highest BCUT2D eigenvalue weighted by Crippen LogP contribution is 2.56. The highest BCUT2D eigenvalue weighted by molar-refractivity contribution is 7.00. The van der Waals surface area contributed by atoms with E-state index in [2.05, 4.69) is 300 Å². The minimum Gasteiger partial charge on any atom is -0.454 e. The molecule has 0 fully saturated rings. The van der Waals surface area contributed by atoms with Gasteiger partial charge in [-0.15, -0.1) is 0 Å². The van der Waals surface area contributed by atoms with Crippen LogP contribution < -0.4 is 31.1 Å². The Bertz CT molecular complexity index is 4170. The Morgan fingerprint density at radius 2 is 0.860 bits per heavy atom. The molecule has 2 aliphatic carbocycles. The van der Waals surface area contributed by atoms with E-state index in [9.17, 15) is 0 Å². The summed E-state index contributed by atoms with van der Waals surface area (Å²) in [4.78, 5) is 7.89. The normalized spacial score (nSPS) is 17.5. The van der Waals surface area contributed by atoms with Crippen LogP contribution in [-0.4, -0.2) is 6.71 Å². The Labute approximate surface area is 516 Å². The average molecular weight is 1140 g/mol. The van der Waals surface area contributed by atoms with Gasteiger partial charge in [0.15, 0.2) is 5.58 Å². The van der Waals surface area contributed by atoms with Crippen molar-refractivity contribution in [3.8, 4) is 0 Å². The van der Waals surface area contributed by atoms with Gasteiger partial charge in [-0.25, -0.2) is 0 Å². The van der Waals surface area contributed by atoms with Gasteiger partial charge in [0.1, 0.15) is 5.58 Å². The number of nitrogens with zero attached hydrogens (tertiary/aromatic N) is 3. The highest BCUT2D eigenvalue weighted by Gasteiger charge is 2.49. The molecular formula is C81H94BN3O. The molecule has 442 valence electrons. The average Bonchev–Trinajstić information content (AvgIpc) is 0.760. The maximum Gasteiger partial charge on any atom is 0.252 e. The number of aryl methyl sites for hydroxylation is 1. The van der Waals surface area contributed by atoms with E-state index in [1.54, 1.807) is 0 Å². The second kappa shape index (κ2) is 19.0. The first-order valence-electron chi connectivity index (χ1n) is 32.3. The first kappa shape index (κ1) is 58.1. The fourth-order valence-corrected chi connectivity index (χ4v) is 15.4. The Morgan fingerprint density at radius 1 is 0.407 bits per heavy atom. The molecule has 5 heteroatoms. The summed E-state index contributed by atoms with van der Waals surface area (Å²) in [5.41, 5.74) is 28.6. The summed E-state index contributed by atoms with van der Waals surface area (Å²) in [6, 6.07) is 55.4. The van der Waals surface area contributed by atoms with Gasteiger partial charge in [0, 0.05) is 56.3 Å². The van der Waals surface area contributed by atoms with Gasteiger partial charge in [-0.1, -0.05) is 205 Å². The third kappa shape index (κ3) is 9.20. The van der Waals surface area contributed by atoms with E-state index in [0.717, 1.165) is 64.3 Å². The van der Waals surface area contributed by atoms with Crippen LogP contribution in [0.5, 0.6) is 0 Å². The molecule has 0 N–H and O–H groups in total. The zero-order chi connectivity index (χ0) is 61.5. The van der Waals surface area contributed by atoms with Crippen LogP contribution in [0.15, 0.2) is 144 Å². The molecule has 0 spiro atoms. The second-order valence-corrected chi connectivity index (χ2v) is 33.3. The van der Waals surface area contributed by atoms with Crippen molar-refractivity contribution < 1.29 is 4.42 Å². The van der Waals surface area contributed by atoms with Crippen LogP contribution in [-0.2, 0) is 43.3 Å². The smallest absolute Gasteiger partial charge is 0.252 e. The lowest BCUT2D eigenvalue weighted by atomic mass is 9.33. The minimum atomic E-state index is -0.209. The van der Waals surface area contributed by atoms with E-state index in [1.807, 2.05) is 0 Å². The van der Waals surface area contributed by atoms with Crippen molar-refractivity contribution in [2.45, 2.75) is 214 Å². The number of hydrogen-bond donors (Lipinski definition) is 0.